The van der Waals surface area contributed by atoms with Gasteiger partial charge in [0.25, 0.3) is 0 Å². The Hall–Kier alpha value is -1.33. The van der Waals surface area contributed by atoms with E-state index in [9.17, 15) is 5.26 Å². The third-order valence-corrected chi connectivity index (χ3v) is 5.12. The van der Waals surface area contributed by atoms with Gasteiger partial charge in [0.2, 0.25) is 0 Å². The highest BCUT2D eigenvalue weighted by molar-refractivity contribution is 5.33. The molecule has 0 bridgehead atoms. The van der Waals surface area contributed by atoms with Crippen LogP contribution in [0.4, 0.5) is 0 Å². The Morgan fingerprint density at radius 3 is 2.48 bits per heavy atom. The number of nitrogens with one attached hydrogen (secondary N) is 1. The van der Waals surface area contributed by atoms with Gasteiger partial charge in [-0.05, 0) is 49.8 Å². The van der Waals surface area contributed by atoms with Gasteiger partial charge in [0.05, 0.1) is 11.5 Å². The van der Waals surface area contributed by atoms with Crippen LogP contribution in [0.15, 0.2) is 30.3 Å². The minimum atomic E-state index is -0.325. The molecule has 2 nitrogen and oxygen atoms in total. The molecule has 1 fully saturated rings. The van der Waals surface area contributed by atoms with Gasteiger partial charge in [0.15, 0.2) is 0 Å². The molecule has 0 aliphatic carbocycles. The Balaban J connectivity index is 2.02. The molecule has 2 heteroatoms. The maximum Gasteiger partial charge on any atom is 0.0845 e. The Morgan fingerprint density at radius 2 is 1.90 bits per heavy atom. The molecule has 0 spiro atoms. The smallest absolute Gasteiger partial charge is 0.0845 e. The van der Waals surface area contributed by atoms with E-state index in [-0.39, 0.29) is 5.41 Å². The predicted octanol–water partition coefficient (Wildman–Crippen LogP) is 4.27. The van der Waals surface area contributed by atoms with E-state index in [0.717, 1.165) is 31.8 Å². The van der Waals surface area contributed by atoms with Crippen molar-refractivity contribution in [2.24, 2.45) is 11.8 Å². The van der Waals surface area contributed by atoms with Gasteiger partial charge < -0.3 is 5.32 Å². The first-order chi connectivity index (χ1) is 10.2. The van der Waals surface area contributed by atoms with Crippen LogP contribution in [0, 0.1) is 23.2 Å². The lowest BCUT2D eigenvalue weighted by molar-refractivity contribution is 0.306. The average Bonchev–Trinajstić information content (AvgIpc) is 2.53. The molecule has 1 saturated heterocycles. The topological polar surface area (TPSA) is 35.8 Å². The highest BCUT2D eigenvalue weighted by atomic mass is 14.9. The third-order valence-electron chi connectivity index (χ3n) is 5.12. The molecule has 2 rings (SSSR count). The zero-order chi connectivity index (χ0) is 15.1. The number of hydrogen-bond acceptors (Lipinski definition) is 2. The summed E-state index contributed by atoms with van der Waals surface area (Å²) in [4.78, 5) is 0. The number of benzene rings is 1. The van der Waals surface area contributed by atoms with Gasteiger partial charge >= 0.3 is 0 Å². The summed E-state index contributed by atoms with van der Waals surface area (Å²) in [6.45, 7) is 6.69. The van der Waals surface area contributed by atoms with E-state index in [0.29, 0.717) is 5.92 Å². The largest absolute Gasteiger partial charge is 0.317 e. The zero-order valence-corrected chi connectivity index (χ0v) is 13.4. The molecule has 1 aliphatic rings. The minimum absolute atomic E-state index is 0.325. The van der Waals surface area contributed by atoms with Crippen LogP contribution in [0.2, 0.25) is 0 Å². The fraction of sp³-hybridized carbons (Fsp3) is 0.632. The molecule has 1 N–H and O–H groups in total. The van der Waals surface area contributed by atoms with Crippen molar-refractivity contribution in [3.8, 4) is 6.07 Å². The van der Waals surface area contributed by atoms with Crippen molar-refractivity contribution in [2.45, 2.75) is 51.4 Å². The summed E-state index contributed by atoms with van der Waals surface area (Å²) in [7, 11) is 0. The highest BCUT2D eigenvalue weighted by Crippen LogP contribution is 2.37. The number of nitriles is 1. The molecule has 0 amide bonds. The van der Waals surface area contributed by atoms with Crippen molar-refractivity contribution in [1.29, 1.82) is 5.26 Å². The van der Waals surface area contributed by atoms with Crippen LogP contribution in [0.1, 0.15) is 51.5 Å². The Bertz CT molecular complexity index is 454. The van der Waals surface area contributed by atoms with E-state index in [1.165, 1.54) is 24.8 Å². The molecule has 1 unspecified atom stereocenters. The molecule has 1 atom stereocenters. The van der Waals surface area contributed by atoms with Crippen LogP contribution in [0.3, 0.4) is 0 Å². The van der Waals surface area contributed by atoms with Gasteiger partial charge in [-0.1, -0.05) is 57.0 Å². The summed E-state index contributed by atoms with van der Waals surface area (Å²) < 4.78 is 0. The minimum Gasteiger partial charge on any atom is -0.317 e. The van der Waals surface area contributed by atoms with Crippen molar-refractivity contribution >= 4 is 0 Å². The summed E-state index contributed by atoms with van der Waals surface area (Å²) in [5.74, 6) is 1.20. The molecule has 0 radical (unpaired) electrons. The molecule has 0 aromatic heterocycles. The van der Waals surface area contributed by atoms with Crippen molar-refractivity contribution in [1.82, 2.24) is 5.32 Å². The average molecular weight is 284 g/mol. The number of piperidine rings is 1. The quantitative estimate of drug-likeness (QED) is 0.846. The molecule has 1 heterocycles. The summed E-state index contributed by atoms with van der Waals surface area (Å²) in [6, 6.07) is 13.0. The molecule has 0 saturated carbocycles. The van der Waals surface area contributed by atoms with Crippen molar-refractivity contribution in [3.63, 3.8) is 0 Å². The second kappa shape index (κ2) is 7.61. The van der Waals surface area contributed by atoms with Crippen LogP contribution >= 0.6 is 0 Å². The van der Waals surface area contributed by atoms with Crippen LogP contribution in [0.5, 0.6) is 0 Å². The van der Waals surface area contributed by atoms with Crippen LogP contribution in [-0.2, 0) is 5.41 Å². The molecular formula is C19H28N2. The lowest BCUT2D eigenvalue weighted by atomic mass is 9.69. The lowest BCUT2D eigenvalue weighted by Gasteiger charge is -2.32. The summed E-state index contributed by atoms with van der Waals surface area (Å²) in [5.41, 5.74) is 0.863. The maximum atomic E-state index is 9.88. The molecule has 114 valence electrons. The van der Waals surface area contributed by atoms with Crippen LogP contribution < -0.4 is 5.32 Å². The van der Waals surface area contributed by atoms with Crippen molar-refractivity contribution in [2.75, 3.05) is 13.1 Å². The lowest BCUT2D eigenvalue weighted by Crippen LogP contribution is -2.31. The van der Waals surface area contributed by atoms with Gasteiger partial charge in [-0.3, -0.25) is 0 Å². The standard InChI is InChI=1S/C19H28N2/c1-16(2)19(15-20,18-8-4-3-5-9-18)12-6-7-17-10-13-21-14-11-17/h3-5,8-9,16-17,21H,6-7,10-14H2,1-2H3. The van der Waals surface area contributed by atoms with E-state index >= 15 is 0 Å². The third kappa shape index (κ3) is 3.86. The van der Waals surface area contributed by atoms with Gasteiger partial charge in [-0.25, -0.2) is 0 Å². The van der Waals surface area contributed by atoms with Crippen LogP contribution in [-0.4, -0.2) is 13.1 Å². The first kappa shape index (κ1) is 16.0. The highest BCUT2D eigenvalue weighted by Gasteiger charge is 2.35. The van der Waals surface area contributed by atoms with Crippen molar-refractivity contribution in [3.05, 3.63) is 35.9 Å². The molecular weight excluding hydrogens is 256 g/mol. The Morgan fingerprint density at radius 1 is 1.24 bits per heavy atom. The fourth-order valence-corrected chi connectivity index (χ4v) is 3.59. The van der Waals surface area contributed by atoms with E-state index in [1.54, 1.807) is 0 Å². The molecule has 1 aliphatic heterocycles. The summed E-state index contributed by atoms with van der Waals surface area (Å²) in [6.07, 6.45) is 6.00. The molecule has 21 heavy (non-hydrogen) atoms. The molecule has 1 aromatic rings. The summed E-state index contributed by atoms with van der Waals surface area (Å²) in [5, 5.41) is 13.3. The number of hydrogen-bond donors (Lipinski definition) is 1. The zero-order valence-electron chi connectivity index (χ0n) is 13.4. The normalized spacial score (nSPS) is 19.1. The van der Waals surface area contributed by atoms with Gasteiger partial charge in [-0.2, -0.15) is 5.26 Å². The van der Waals surface area contributed by atoms with Gasteiger partial charge in [-0.15, -0.1) is 0 Å². The van der Waals surface area contributed by atoms with Crippen molar-refractivity contribution < 1.29 is 0 Å². The second-order valence-corrected chi connectivity index (χ2v) is 6.69. The molecule has 1 aromatic carbocycles. The SMILES string of the molecule is CC(C)C(C#N)(CCCC1CCNCC1)c1ccccc1. The second-order valence-electron chi connectivity index (χ2n) is 6.69. The number of rotatable bonds is 6. The first-order valence-corrected chi connectivity index (χ1v) is 8.36. The van der Waals surface area contributed by atoms with E-state index in [4.69, 9.17) is 0 Å². The summed E-state index contributed by atoms with van der Waals surface area (Å²) >= 11 is 0. The first-order valence-electron chi connectivity index (χ1n) is 8.36. The number of nitrogens with zero attached hydrogens (tertiary/aromatic N) is 1. The van der Waals surface area contributed by atoms with Gasteiger partial charge in [0.1, 0.15) is 0 Å². The monoisotopic (exact) mass is 284 g/mol. The maximum absolute atomic E-state index is 9.88. The Kier molecular flexibility index (Phi) is 5.82. The van der Waals surface area contributed by atoms with Gasteiger partial charge in [0, 0.05) is 0 Å². The van der Waals surface area contributed by atoms with E-state index in [2.05, 4.69) is 49.5 Å². The Labute approximate surface area is 129 Å². The van der Waals surface area contributed by atoms with Crippen LogP contribution in [0.25, 0.3) is 0 Å². The predicted molar refractivity (Wildman–Crippen MR) is 88.0 cm³/mol. The van der Waals surface area contributed by atoms with E-state index < -0.39 is 0 Å². The fourth-order valence-electron chi connectivity index (χ4n) is 3.59. The van der Waals surface area contributed by atoms with E-state index in [1.807, 2.05) is 6.07 Å².